The molecule has 5 nitrogen and oxygen atoms in total. The first-order chi connectivity index (χ1) is 15.9. The summed E-state index contributed by atoms with van der Waals surface area (Å²) in [6.45, 7) is 2.68. The van der Waals surface area contributed by atoms with Gasteiger partial charge in [0.15, 0.2) is 17.4 Å². The monoisotopic (exact) mass is 471 g/mol. The number of ether oxygens (including phenoxy) is 2. The van der Waals surface area contributed by atoms with Crippen molar-refractivity contribution in [3.8, 4) is 5.75 Å². The lowest BCUT2D eigenvalue weighted by molar-refractivity contribution is -0.148. The fourth-order valence-electron chi connectivity index (χ4n) is 4.18. The van der Waals surface area contributed by atoms with E-state index in [4.69, 9.17) is 4.74 Å². The number of amides is 1. The Labute approximate surface area is 194 Å². The molecule has 1 aliphatic heterocycles. The van der Waals surface area contributed by atoms with Crippen LogP contribution in [0.5, 0.6) is 5.75 Å². The lowest BCUT2D eigenvalue weighted by atomic mass is 10.1. The number of esters is 1. The summed E-state index contributed by atoms with van der Waals surface area (Å²) in [7, 11) is 0.985. The van der Waals surface area contributed by atoms with Crippen LogP contribution in [0.2, 0.25) is 0 Å². The van der Waals surface area contributed by atoms with Gasteiger partial charge in [-0.25, -0.2) is 13.6 Å². The van der Waals surface area contributed by atoms with E-state index in [1.807, 2.05) is 0 Å². The molecule has 1 atom stereocenters. The Balaban J connectivity index is 1.78. The summed E-state index contributed by atoms with van der Waals surface area (Å²) < 4.78 is 51.9. The number of hydrogen-bond acceptors (Lipinski definition) is 4. The molecular weight excluding hydrogens is 435 g/mol. The molecule has 1 fully saturated rings. The molecule has 2 rings (SSSR count). The first-order valence-electron chi connectivity index (χ1n) is 12.1. The molecule has 8 heteroatoms. The standard InChI is InChI=1S/C25H36F3NO4/c1-3-4-5-6-7-8-9-10-11-12-16-33-25(31)20-14-13-15-29(20)24(30)18-17-19(26)22(28)23(32-2)21(18)27/h17,20H,3-16H2,1-2H3. The van der Waals surface area contributed by atoms with E-state index < -0.39 is 46.7 Å². The maximum atomic E-state index is 14.5. The van der Waals surface area contributed by atoms with Crippen molar-refractivity contribution < 1.29 is 32.2 Å². The number of rotatable bonds is 14. The van der Waals surface area contributed by atoms with Crippen LogP contribution in [0.3, 0.4) is 0 Å². The highest BCUT2D eigenvalue weighted by atomic mass is 19.2. The van der Waals surface area contributed by atoms with Gasteiger partial charge in [-0.15, -0.1) is 0 Å². The second-order valence-corrected chi connectivity index (χ2v) is 8.57. The maximum Gasteiger partial charge on any atom is 0.328 e. The zero-order valence-corrected chi connectivity index (χ0v) is 19.8. The van der Waals surface area contributed by atoms with Gasteiger partial charge in [-0.05, 0) is 25.3 Å². The van der Waals surface area contributed by atoms with Crippen molar-refractivity contribution >= 4 is 11.9 Å². The van der Waals surface area contributed by atoms with Crippen LogP contribution in [0, 0.1) is 17.5 Å². The number of unbranched alkanes of at least 4 members (excludes halogenated alkanes) is 9. The van der Waals surface area contributed by atoms with Crippen LogP contribution in [-0.2, 0) is 9.53 Å². The average Bonchev–Trinajstić information content (AvgIpc) is 3.30. The molecule has 0 aromatic heterocycles. The minimum Gasteiger partial charge on any atom is -0.491 e. The van der Waals surface area contributed by atoms with Crippen LogP contribution < -0.4 is 4.74 Å². The van der Waals surface area contributed by atoms with Crippen molar-refractivity contribution in [2.24, 2.45) is 0 Å². The second-order valence-electron chi connectivity index (χ2n) is 8.57. The van der Waals surface area contributed by atoms with Gasteiger partial charge < -0.3 is 14.4 Å². The molecule has 1 heterocycles. The molecule has 1 amide bonds. The lowest BCUT2D eigenvalue weighted by Gasteiger charge is -2.24. The molecule has 33 heavy (non-hydrogen) atoms. The summed E-state index contributed by atoms with van der Waals surface area (Å²) >= 11 is 0. The van der Waals surface area contributed by atoms with Crippen LogP contribution in [-0.4, -0.2) is 43.1 Å². The van der Waals surface area contributed by atoms with Crippen molar-refractivity contribution in [3.05, 3.63) is 29.1 Å². The van der Waals surface area contributed by atoms with E-state index >= 15 is 0 Å². The van der Waals surface area contributed by atoms with Crippen LogP contribution in [0.4, 0.5) is 13.2 Å². The zero-order chi connectivity index (χ0) is 24.2. The van der Waals surface area contributed by atoms with Gasteiger partial charge in [0.05, 0.1) is 19.3 Å². The number of methoxy groups -OCH3 is 1. The largest absolute Gasteiger partial charge is 0.491 e. The number of carbonyl (C=O) groups is 2. The molecule has 0 N–H and O–H groups in total. The van der Waals surface area contributed by atoms with Gasteiger partial charge >= 0.3 is 5.97 Å². The highest BCUT2D eigenvalue weighted by molar-refractivity contribution is 5.97. The molecule has 0 radical (unpaired) electrons. The topological polar surface area (TPSA) is 55.8 Å². The SMILES string of the molecule is CCCCCCCCCCCCOC(=O)C1CCCN1C(=O)c1cc(F)c(F)c(OC)c1F. The van der Waals surface area contributed by atoms with E-state index in [9.17, 15) is 22.8 Å². The molecule has 0 aliphatic carbocycles. The fraction of sp³-hybridized carbons (Fsp3) is 0.680. The predicted molar refractivity (Wildman–Crippen MR) is 120 cm³/mol. The van der Waals surface area contributed by atoms with Crippen molar-refractivity contribution in [1.82, 2.24) is 4.90 Å². The Hall–Kier alpha value is -2.25. The summed E-state index contributed by atoms with van der Waals surface area (Å²) in [5, 5.41) is 0. The highest BCUT2D eigenvalue weighted by Gasteiger charge is 2.37. The van der Waals surface area contributed by atoms with Gasteiger partial charge in [-0.1, -0.05) is 64.7 Å². The molecule has 1 aromatic rings. The lowest BCUT2D eigenvalue weighted by Crippen LogP contribution is -2.42. The zero-order valence-electron chi connectivity index (χ0n) is 19.8. The van der Waals surface area contributed by atoms with E-state index in [0.717, 1.165) is 31.3 Å². The van der Waals surface area contributed by atoms with E-state index in [2.05, 4.69) is 11.7 Å². The van der Waals surface area contributed by atoms with E-state index in [-0.39, 0.29) is 13.2 Å². The van der Waals surface area contributed by atoms with Crippen LogP contribution in [0.15, 0.2) is 6.07 Å². The van der Waals surface area contributed by atoms with Gasteiger partial charge in [0.2, 0.25) is 5.82 Å². The van der Waals surface area contributed by atoms with Crippen LogP contribution in [0.1, 0.15) is 94.3 Å². The third-order valence-electron chi connectivity index (χ3n) is 6.08. The Bertz CT molecular complexity index is 787. The van der Waals surface area contributed by atoms with Gasteiger partial charge in [0.25, 0.3) is 5.91 Å². The van der Waals surface area contributed by atoms with Crippen LogP contribution >= 0.6 is 0 Å². The average molecular weight is 472 g/mol. The quantitative estimate of drug-likeness (QED) is 0.185. The van der Waals surface area contributed by atoms with Gasteiger partial charge in [0, 0.05) is 6.54 Å². The Morgan fingerprint density at radius 3 is 2.18 bits per heavy atom. The summed E-state index contributed by atoms with van der Waals surface area (Å²) in [4.78, 5) is 26.5. The third-order valence-corrected chi connectivity index (χ3v) is 6.08. The first-order valence-corrected chi connectivity index (χ1v) is 12.1. The molecule has 1 aliphatic rings. The number of likely N-dealkylation sites (tertiary alicyclic amines) is 1. The Morgan fingerprint density at radius 1 is 0.970 bits per heavy atom. The van der Waals surface area contributed by atoms with E-state index in [1.54, 1.807) is 0 Å². The molecule has 186 valence electrons. The summed E-state index contributed by atoms with van der Waals surface area (Å²) in [5.74, 6) is -6.57. The van der Waals surface area contributed by atoms with Gasteiger partial charge in [-0.3, -0.25) is 4.79 Å². The molecule has 0 saturated carbocycles. The number of benzene rings is 1. The third kappa shape index (κ3) is 7.64. The van der Waals surface area contributed by atoms with Crippen LogP contribution in [0.25, 0.3) is 0 Å². The number of carbonyl (C=O) groups excluding carboxylic acids is 2. The first kappa shape index (κ1) is 27.0. The number of halogens is 3. The molecule has 1 aromatic carbocycles. The second kappa shape index (κ2) is 14.1. The van der Waals surface area contributed by atoms with Gasteiger partial charge in [-0.2, -0.15) is 4.39 Å². The smallest absolute Gasteiger partial charge is 0.328 e. The van der Waals surface area contributed by atoms with Gasteiger partial charge in [0.1, 0.15) is 6.04 Å². The predicted octanol–water partition coefficient (Wildman–Crippen LogP) is 6.18. The number of hydrogen-bond donors (Lipinski definition) is 0. The molecule has 0 spiro atoms. The van der Waals surface area contributed by atoms with Crippen molar-refractivity contribution in [2.75, 3.05) is 20.3 Å². The van der Waals surface area contributed by atoms with E-state index in [1.165, 1.54) is 44.9 Å². The summed E-state index contributed by atoms with van der Waals surface area (Å²) in [6, 6.07) is -0.362. The normalized spacial score (nSPS) is 15.7. The highest BCUT2D eigenvalue weighted by Crippen LogP contribution is 2.30. The van der Waals surface area contributed by atoms with Crippen molar-refractivity contribution in [3.63, 3.8) is 0 Å². The Kier molecular flexibility index (Phi) is 11.5. The molecular formula is C25H36F3NO4. The van der Waals surface area contributed by atoms with E-state index in [0.29, 0.717) is 18.9 Å². The maximum absolute atomic E-state index is 14.5. The molecule has 1 unspecified atom stereocenters. The minimum atomic E-state index is -1.50. The number of nitrogens with zero attached hydrogens (tertiary/aromatic N) is 1. The minimum absolute atomic E-state index is 0.206. The summed E-state index contributed by atoms with van der Waals surface area (Å²) in [5.41, 5.74) is -0.667. The fourth-order valence-corrected chi connectivity index (χ4v) is 4.18. The molecule has 0 bridgehead atoms. The van der Waals surface area contributed by atoms with Crippen molar-refractivity contribution in [2.45, 2.75) is 90.0 Å². The summed E-state index contributed by atoms with van der Waals surface area (Å²) in [6.07, 6.45) is 12.6. The van der Waals surface area contributed by atoms with Crippen molar-refractivity contribution in [1.29, 1.82) is 0 Å². The Morgan fingerprint density at radius 2 is 1.58 bits per heavy atom. The molecule has 1 saturated heterocycles.